The minimum Gasteiger partial charge on any atom is -0.335 e. The van der Waals surface area contributed by atoms with Gasteiger partial charge in [-0.05, 0) is 151 Å². The van der Waals surface area contributed by atoms with Gasteiger partial charge in [0.05, 0.1) is 17.4 Å². The molecule has 5 aromatic carbocycles. The Morgan fingerprint density at radius 2 is 1.17 bits per heavy atom. The minimum absolute atomic E-state index is 0.00301. The molecule has 0 N–H and O–H groups in total. The molecule has 2 nitrogen and oxygen atoms in total. The molecule has 342 valence electrons. The summed E-state index contributed by atoms with van der Waals surface area (Å²) in [5, 5.41) is 1.39. The topological polar surface area (TPSA) is 6.48 Å². The SMILES string of the molecule is CC(C)(C)c1ccc2c(c1)B1c3sc4cc5c(cc4c3N(c3ccc(C(C)(C)C)cc3-c3ccccc3)c3cc(C(C)(C)C)cc(c31)N2C1C=CC(C(C)(C)C)CC1)C(C)(C)CCC5(C)C. The summed E-state index contributed by atoms with van der Waals surface area (Å²) in [6, 6.07) is 37.0. The number of thiophene rings is 1. The maximum atomic E-state index is 2.79. The first-order valence-electron chi connectivity index (χ1n) is 25.2. The highest BCUT2D eigenvalue weighted by Crippen LogP contribution is 2.54. The Balaban J connectivity index is 1.36. The molecule has 2 unspecified atom stereocenters. The van der Waals surface area contributed by atoms with Gasteiger partial charge in [-0.3, -0.25) is 0 Å². The number of nitrogens with zero attached hydrogens (tertiary/aromatic N) is 2. The average Bonchev–Trinajstić information content (AvgIpc) is 3.62. The van der Waals surface area contributed by atoms with Crippen LogP contribution < -0.4 is 25.5 Å². The van der Waals surface area contributed by atoms with Crippen LogP contribution in [-0.2, 0) is 27.1 Å². The summed E-state index contributed by atoms with van der Waals surface area (Å²) >= 11 is 2.07. The van der Waals surface area contributed by atoms with Crippen molar-refractivity contribution in [2.75, 3.05) is 9.80 Å². The van der Waals surface area contributed by atoms with Crippen LogP contribution in [0.15, 0.2) is 103 Å². The highest BCUT2D eigenvalue weighted by atomic mass is 32.1. The predicted molar refractivity (Wildman–Crippen MR) is 292 cm³/mol. The molecule has 6 aromatic rings. The third kappa shape index (κ3) is 7.34. The molecular weight excluding hydrogens is 816 g/mol. The van der Waals surface area contributed by atoms with E-state index in [1.54, 1.807) is 0 Å². The molecule has 0 fully saturated rings. The van der Waals surface area contributed by atoms with Crippen molar-refractivity contribution in [3.8, 4) is 11.1 Å². The second-order valence-corrected chi connectivity index (χ2v) is 27.3. The fourth-order valence-electron chi connectivity index (χ4n) is 11.9. The Morgan fingerprint density at radius 3 is 1.76 bits per heavy atom. The number of fused-ring (bicyclic) bond motifs is 7. The van der Waals surface area contributed by atoms with Crippen LogP contribution in [0, 0.1) is 11.3 Å². The number of rotatable bonds is 3. The van der Waals surface area contributed by atoms with E-state index in [4.69, 9.17) is 0 Å². The summed E-state index contributed by atoms with van der Waals surface area (Å²) in [7, 11) is 0. The molecule has 4 aliphatic rings. The van der Waals surface area contributed by atoms with E-state index in [9.17, 15) is 0 Å². The van der Waals surface area contributed by atoms with Crippen LogP contribution in [0.3, 0.4) is 0 Å². The zero-order valence-corrected chi connectivity index (χ0v) is 44.0. The van der Waals surface area contributed by atoms with Gasteiger partial charge in [-0.15, -0.1) is 11.3 Å². The van der Waals surface area contributed by atoms with Gasteiger partial charge < -0.3 is 9.80 Å². The average molecular weight is 891 g/mol. The fourth-order valence-corrected chi connectivity index (χ4v) is 13.2. The van der Waals surface area contributed by atoms with E-state index >= 15 is 0 Å². The van der Waals surface area contributed by atoms with Crippen molar-refractivity contribution in [1.82, 2.24) is 0 Å². The van der Waals surface area contributed by atoms with E-state index < -0.39 is 0 Å². The lowest BCUT2D eigenvalue weighted by Crippen LogP contribution is -2.62. The number of anilines is 5. The number of benzene rings is 5. The highest BCUT2D eigenvalue weighted by molar-refractivity contribution is 7.33. The Hall–Kier alpha value is -4.54. The standard InChI is InChI=1S/C62H75BN2S/c1-57(2,3)39-22-26-43(27-23-39)64-50-29-25-41(59(7,8)9)33-48(50)63-54-51(64)34-42(60(10,11)12)35-52(54)65(49-28-24-40(58(4,5)6)32-44(49)38-20-18-17-19-21-38)55-45-36-46-47(37-53(45)66-56(55)63)62(15,16)31-30-61(46,13)14/h17-22,24-26,28-29,32-37,39,43H,23,27,30-31H2,1-16H3. The largest absolute Gasteiger partial charge is 0.335 e. The Morgan fingerprint density at radius 1 is 0.576 bits per heavy atom. The van der Waals surface area contributed by atoms with Crippen molar-refractivity contribution in [2.24, 2.45) is 11.3 Å². The molecule has 1 aromatic heterocycles. The molecule has 66 heavy (non-hydrogen) atoms. The maximum absolute atomic E-state index is 2.79. The third-order valence-electron chi connectivity index (χ3n) is 16.4. The Labute approximate surface area is 403 Å². The van der Waals surface area contributed by atoms with E-state index in [0.717, 1.165) is 6.42 Å². The number of allylic oxidation sites excluding steroid dienone is 1. The second-order valence-electron chi connectivity index (χ2n) is 26.2. The lowest BCUT2D eigenvalue weighted by Gasteiger charge is -2.47. The monoisotopic (exact) mass is 891 g/mol. The smallest absolute Gasteiger partial charge is 0.264 e. The van der Waals surface area contributed by atoms with Crippen molar-refractivity contribution in [1.29, 1.82) is 0 Å². The van der Waals surface area contributed by atoms with Gasteiger partial charge in [0.1, 0.15) is 0 Å². The summed E-state index contributed by atoms with van der Waals surface area (Å²) in [4.78, 5) is 5.56. The third-order valence-corrected chi connectivity index (χ3v) is 17.6. The van der Waals surface area contributed by atoms with Crippen LogP contribution in [0.5, 0.6) is 0 Å². The fraction of sp³-hybridized carbons (Fsp3) is 0.452. The van der Waals surface area contributed by atoms with Gasteiger partial charge in [-0.1, -0.05) is 171 Å². The molecule has 2 aliphatic carbocycles. The zero-order valence-electron chi connectivity index (χ0n) is 43.2. The minimum atomic E-state index is -0.0848. The molecule has 0 radical (unpaired) electrons. The Kier molecular flexibility index (Phi) is 10.3. The van der Waals surface area contributed by atoms with Crippen molar-refractivity contribution >= 4 is 72.3 Å². The summed E-state index contributed by atoms with van der Waals surface area (Å²) in [6.07, 6.45) is 9.85. The molecule has 0 amide bonds. The first-order valence-corrected chi connectivity index (χ1v) is 26.0. The number of hydrogen-bond donors (Lipinski definition) is 0. The van der Waals surface area contributed by atoms with Gasteiger partial charge in [0.15, 0.2) is 0 Å². The van der Waals surface area contributed by atoms with E-state index in [-0.39, 0.29) is 45.2 Å². The highest BCUT2D eigenvalue weighted by Gasteiger charge is 2.48. The number of hydrogen-bond acceptors (Lipinski definition) is 3. The van der Waals surface area contributed by atoms with Crippen molar-refractivity contribution in [3.05, 3.63) is 131 Å². The van der Waals surface area contributed by atoms with Gasteiger partial charge >= 0.3 is 0 Å². The van der Waals surface area contributed by atoms with E-state index in [0.29, 0.717) is 5.92 Å². The summed E-state index contributed by atoms with van der Waals surface area (Å²) < 4.78 is 2.88. The normalized spacial score (nSPS) is 20.0. The molecule has 0 saturated heterocycles. The van der Waals surface area contributed by atoms with Crippen LogP contribution in [0.4, 0.5) is 28.4 Å². The molecule has 0 saturated carbocycles. The summed E-state index contributed by atoms with van der Waals surface area (Å²) in [6.45, 7) is 38.7. The van der Waals surface area contributed by atoms with Crippen LogP contribution in [0.1, 0.15) is 164 Å². The summed E-state index contributed by atoms with van der Waals surface area (Å²) in [5.41, 5.74) is 19.7. The van der Waals surface area contributed by atoms with Crippen LogP contribution in [0.2, 0.25) is 0 Å². The molecule has 2 aliphatic heterocycles. The van der Waals surface area contributed by atoms with Gasteiger partial charge in [0.2, 0.25) is 0 Å². The molecular formula is C62H75BN2S. The molecule has 2 atom stereocenters. The summed E-state index contributed by atoms with van der Waals surface area (Å²) in [5.74, 6) is 0.564. The first kappa shape index (κ1) is 45.3. The van der Waals surface area contributed by atoms with Gasteiger partial charge in [0, 0.05) is 37.5 Å². The molecule has 0 bridgehead atoms. The molecule has 0 spiro atoms. The van der Waals surface area contributed by atoms with E-state index in [1.165, 1.54) is 112 Å². The van der Waals surface area contributed by atoms with Gasteiger partial charge in [0.25, 0.3) is 6.71 Å². The Bertz CT molecular complexity index is 2930. The van der Waals surface area contributed by atoms with Gasteiger partial charge in [-0.2, -0.15) is 0 Å². The molecule has 3 heterocycles. The maximum Gasteiger partial charge on any atom is 0.264 e. The van der Waals surface area contributed by atoms with Crippen molar-refractivity contribution in [3.63, 3.8) is 0 Å². The second kappa shape index (κ2) is 15.0. The van der Waals surface area contributed by atoms with Gasteiger partial charge in [-0.25, -0.2) is 0 Å². The molecule has 10 rings (SSSR count). The van der Waals surface area contributed by atoms with E-state index in [2.05, 4.69) is 235 Å². The zero-order chi connectivity index (χ0) is 47.3. The van der Waals surface area contributed by atoms with Crippen molar-refractivity contribution < 1.29 is 0 Å². The lowest BCUT2D eigenvalue weighted by molar-refractivity contribution is 0.262. The molecule has 4 heteroatoms. The van der Waals surface area contributed by atoms with E-state index in [1.807, 2.05) is 0 Å². The van der Waals surface area contributed by atoms with Crippen LogP contribution in [0.25, 0.3) is 21.2 Å². The van der Waals surface area contributed by atoms with Crippen LogP contribution in [-0.4, -0.2) is 12.8 Å². The quantitative estimate of drug-likeness (QED) is 0.129. The predicted octanol–water partition coefficient (Wildman–Crippen LogP) is 15.9. The van der Waals surface area contributed by atoms with Crippen LogP contribution >= 0.6 is 11.3 Å². The first-order chi connectivity index (χ1) is 30.7. The van der Waals surface area contributed by atoms with Crippen molar-refractivity contribution in [2.45, 2.75) is 170 Å². The lowest BCUT2D eigenvalue weighted by atomic mass is 9.35.